The molecule has 25 heavy (non-hydrogen) atoms. The topological polar surface area (TPSA) is 36.4 Å². The van der Waals surface area contributed by atoms with Crippen LogP contribution in [0.2, 0.25) is 0 Å². The second kappa shape index (κ2) is 7.48. The molecular weight excluding hydrogens is 308 g/mol. The average molecular weight is 340 g/mol. The summed E-state index contributed by atoms with van der Waals surface area (Å²) in [6, 6.07) is 8.02. The predicted molar refractivity (Wildman–Crippen MR) is 104 cm³/mol. The lowest BCUT2D eigenvalue weighted by molar-refractivity contribution is 0.104. The molecule has 1 N–H and O–H groups in total. The average Bonchev–Trinajstić information content (AvgIpc) is 3.05. The van der Waals surface area contributed by atoms with Crippen molar-refractivity contribution in [1.29, 1.82) is 0 Å². The van der Waals surface area contributed by atoms with Crippen LogP contribution in [0.25, 0.3) is 10.9 Å². The third kappa shape index (κ3) is 3.76. The van der Waals surface area contributed by atoms with Crippen LogP contribution in [-0.2, 0) is 6.54 Å². The van der Waals surface area contributed by atoms with Crippen LogP contribution in [0.1, 0.15) is 50.3 Å². The van der Waals surface area contributed by atoms with E-state index in [-0.39, 0.29) is 0 Å². The summed E-state index contributed by atoms with van der Waals surface area (Å²) in [6.07, 6.45) is 5.99. The molecule has 4 nitrogen and oxygen atoms in total. The number of aromatic amines is 1. The number of piperazine rings is 1. The largest absolute Gasteiger partial charge is 0.361 e. The molecule has 0 amide bonds. The van der Waals surface area contributed by atoms with Gasteiger partial charge in [0, 0.05) is 68.5 Å². The summed E-state index contributed by atoms with van der Waals surface area (Å²) in [4.78, 5) is 8.67. The highest BCUT2D eigenvalue weighted by Gasteiger charge is 2.20. The zero-order valence-electron chi connectivity index (χ0n) is 15.7. The van der Waals surface area contributed by atoms with Crippen LogP contribution in [-0.4, -0.2) is 53.5 Å². The van der Waals surface area contributed by atoms with Crippen LogP contribution in [0.4, 0.5) is 0 Å². The van der Waals surface area contributed by atoms with Crippen molar-refractivity contribution >= 4 is 10.9 Å². The third-order valence-electron chi connectivity index (χ3n) is 5.94. The maximum Gasteiger partial charge on any atom is 0.0496 e. The molecule has 1 atom stereocenters. The van der Waals surface area contributed by atoms with Crippen LogP contribution in [0.5, 0.6) is 0 Å². The first-order chi connectivity index (χ1) is 12.2. The fraction of sp³-hybridized carbons (Fsp3) is 0.619. The second-order valence-corrected chi connectivity index (χ2v) is 7.94. The second-order valence-electron chi connectivity index (χ2n) is 7.94. The molecule has 3 heterocycles. The summed E-state index contributed by atoms with van der Waals surface area (Å²) in [6.45, 7) is 11.4. The Hall–Kier alpha value is -1.36. The summed E-state index contributed by atoms with van der Waals surface area (Å²) in [5.74, 6) is 0. The van der Waals surface area contributed by atoms with Gasteiger partial charge in [-0.3, -0.25) is 9.80 Å². The summed E-state index contributed by atoms with van der Waals surface area (Å²) in [5.41, 5.74) is 4.08. The lowest BCUT2D eigenvalue weighted by atomic mass is 9.96. The number of nitrogens with zero attached hydrogens (tertiary/aromatic N) is 3. The van der Waals surface area contributed by atoms with E-state index in [1.54, 1.807) is 0 Å². The SMILES string of the molecule is CC(C)N1CCN(Cc2c[nH]c3cc(C4CCCC[N]4)ccc23)CC1. The minimum Gasteiger partial charge on any atom is -0.361 e. The van der Waals surface area contributed by atoms with Crippen molar-refractivity contribution in [1.82, 2.24) is 20.1 Å². The van der Waals surface area contributed by atoms with Crippen molar-refractivity contribution in [2.24, 2.45) is 0 Å². The van der Waals surface area contributed by atoms with Crippen molar-refractivity contribution in [2.45, 2.75) is 51.7 Å². The number of piperidine rings is 1. The van der Waals surface area contributed by atoms with Crippen LogP contribution < -0.4 is 5.32 Å². The van der Waals surface area contributed by atoms with E-state index in [1.807, 2.05) is 0 Å². The summed E-state index contributed by atoms with van der Waals surface area (Å²) in [5, 5.41) is 6.18. The molecule has 1 unspecified atom stereocenters. The van der Waals surface area contributed by atoms with E-state index in [2.05, 4.69) is 53.0 Å². The first kappa shape index (κ1) is 17.1. The molecule has 0 aliphatic carbocycles. The number of H-pyrrole nitrogens is 1. The van der Waals surface area contributed by atoms with Gasteiger partial charge in [0.05, 0.1) is 0 Å². The molecule has 0 spiro atoms. The molecule has 1 radical (unpaired) electrons. The molecule has 2 fully saturated rings. The Labute approximate surface area is 151 Å². The van der Waals surface area contributed by atoms with Gasteiger partial charge in [-0.25, -0.2) is 5.32 Å². The minimum atomic E-state index is 0.411. The first-order valence-electron chi connectivity index (χ1n) is 9.93. The van der Waals surface area contributed by atoms with Gasteiger partial charge in [-0.2, -0.15) is 0 Å². The zero-order valence-corrected chi connectivity index (χ0v) is 15.7. The standard InChI is InChI=1S/C21H31N4/c1-16(2)25-11-9-24(10-12-25)15-18-14-23-21-13-17(6-7-19(18)21)20-5-3-4-8-22-20/h6-7,13-14,16,20,23H,3-5,8-12,15H2,1-2H3. The number of nitrogens with one attached hydrogen (secondary N) is 1. The molecule has 2 aliphatic heterocycles. The Morgan fingerprint density at radius 3 is 2.72 bits per heavy atom. The number of fused-ring (bicyclic) bond motifs is 1. The van der Waals surface area contributed by atoms with Gasteiger partial charge < -0.3 is 4.98 Å². The van der Waals surface area contributed by atoms with E-state index in [0.29, 0.717) is 12.1 Å². The lowest BCUT2D eigenvalue weighted by Gasteiger charge is -2.36. The molecule has 0 bridgehead atoms. The van der Waals surface area contributed by atoms with Crippen LogP contribution in [0.3, 0.4) is 0 Å². The molecule has 2 aromatic rings. The highest BCUT2D eigenvalue weighted by atomic mass is 15.3. The van der Waals surface area contributed by atoms with Gasteiger partial charge in [0.15, 0.2) is 0 Å². The highest BCUT2D eigenvalue weighted by Crippen LogP contribution is 2.28. The molecular formula is C21H31N4. The number of hydrogen-bond acceptors (Lipinski definition) is 2. The van der Waals surface area contributed by atoms with Gasteiger partial charge in [-0.1, -0.05) is 18.6 Å². The smallest absolute Gasteiger partial charge is 0.0496 e. The molecule has 2 aliphatic rings. The van der Waals surface area contributed by atoms with E-state index in [0.717, 1.165) is 13.1 Å². The Morgan fingerprint density at radius 1 is 1.16 bits per heavy atom. The van der Waals surface area contributed by atoms with E-state index >= 15 is 0 Å². The fourth-order valence-corrected chi connectivity index (χ4v) is 4.28. The number of benzene rings is 1. The van der Waals surface area contributed by atoms with E-state index in [9.17, 15) is 0 Å². The molecule has 4 heteroatoms. The van der Waals surface area contributed by atoms with E-state index in [4.69, 9.17) is 5.32 Å². The van der Waals surface area contributed by atoms with Crippen LogP contribution >= 0.6 is 0 Å². The quantitative estimate of drug-likeness (QED) is 0.925. The molecule has 135 valence electrons. The van der Waals surface area contributed by atoms with Crippen molar-refractivity contribution in [3.63, 3.8) is 0 Å². The van der Waals surface area contributed by atoms with Crippen molar-refractivity contribution in [3.8, 4) is 0 Å². The summed E-state index contributed by atoms with van der Waals surface area (Å²) < 4.78 is 0. The zero-order chi connectivity index (χ0) is 17.2. The highest BCUT2D eigenvalue weighted by molar-refractivity contribution is 5.83. The van der Waals surface area contributed by atoms with E-state index < -0.39 is 0 Å². The molecule has 0 saturated carbocycles. The fourth-order valence-electron chi connectivity index (χ4n) is 4.28. The Balaban J connectivity index is 1.44. The van der Waals surface area contributed by atoms with Crippen molar-refractivity contribution in [3.05, 3.63) is 35.5 Å². The van der Waals surface area contributed by atoms with Gasteiger partial charge in [0.2, 0.25) is 0 Å². The maximum absolute atomic E-state index is 4.80. The minimum absolute atomic E-state index is 0.411. The van der Waals surface area contributed by atoms with Crippen molar-refractivity contribution < 1.29 is 0 Å². The van der Waals surface area contributed by atoms with Gasteiger partial charge >= 0.3 is 0 Å². The number of rotatable bonds is 4. The van der Waals surface area contributed by atoms with Crippen molar-refractivity contribution in [2.75, 3.05) is 32.7 Å². The Morgan fingerprint density at radius 2 is 2.00 bits per heavy atom. The summed E-state index contributed by atoms with van der Waals surface area (Å²) in [7, 11) is 0. The molecule has 1 aromatic carbocycles. The summed E-state index contributed by atoms with van der Waals surface area (Å²) >= 11 is 0. The number of aromatic nitrogens is 1. The van der Waals surface area contributed by atoms with Gasteiger partial charge in [0.25, 0.3) is 0 Å². The molecule has 2 saturated heterocycles. The Kier molecular flexibility index (Phi) is 5.11. The monoisotopic (exact) mass is 339 g/mol. The molecule has 4 rings (SSSR count). The van der Waals surface area contributed by atoms with Crippen LogP contribution in [0.15, 0.2) is 24.4 Å². The predicted octanol–water partition coefficient (Wildman–Crippen LogP) is 3.52. The Bertz CT molecular complexity index is 691. The lowest BCUT2D eigenvalue weighted by Crippen LogP contribution is -2.48. The molecule has 1 aromatic heterocycles. The van der Waals surface area contributed by atoms with Crippen LogP contribution in [0, 0.1) is 0 Å². The number of hydrogen-bond donors (Lipinski definition) is 1. The van der Waals surface area contributed by atoms with Gasteiger partial charge in [-0.05, 0) is 43.9 Å². The normalized spacial score (nSPS) is 23.6. The third-order valence-corrected chi connectivity index (χ3v) is 5.94. The van der Waals surface area contributed by atoms with Gasteiger partial charge in [-0.15, -0.1) is 0 Å². The van der Waals surface area contributed by atoms with E-state index in [1.165, 1.54) is 67.5 Å². The van der Waals surface area contributed by atoms with Gasteiger partial charge in [0.1, 0.15) is 0 Å². The first-order valence-corrected chi connectivity index (χ1v) is 9.93. The maximum atomic E-state index is 4.80.